The molecule has 1 aliphatic rings. The summed E-state index contributed by atoms with van der Waals surface area (Å²) < 4.78 is 51.8. The Morgan fingerprint density at radius 3 is 2.12 bits per heavy atom. The maximum absolute atomic E-state index is 13.2. The quantitative estimate of drug-likeness (QED) is 0.621. The van der Waals surface area contributed by atoms with E-state index in [-0.39, 0.29) is 11.6 Å². The normalized spacial score (nSPS) is 15.7. The summed E-state index contributed by atoms with van der Waals surface area (Å²) in [6, 6.07) is 5.51. The standard InChI is InChI=1S/C15H15F4N5/c1-10-20-11(15(17,18)19)9-14(21-10)24-7-5-23(6-8-24)13-4-2-3-12(16)22-13/h2-4,9H,5-8H2,1H3. The molecule has 5 nitrogen and oxygen atoms in total. The van der Waals surface area contributed by atoms with Crippen molar-refractivity contribution in [1.29, 1.82) is 0 Å². The lowest BCUT2D eigenvalue weighted by atomic mass is 10.2. The van der Waals surface area contributed by atoms with Crippen molar-refractivity contribution in [3.63, 3.8) is 0 Å². The van der Waals surface area contributed by atoms with Crippen molar-refractivity contribution in [3.05, 3.63) is 41.7 Å². The molecule has 0 radical (unpaired) electrons. The molecule has 0 atom stereocenters. The average Bonchev–Trinajstić information content (AvgIpc) is 2.54. The van der Waals surface area contributed by atoms with Crippen LogP contribution in [0.2, 0.25) is 0 Å². The molecule has 0 amide bonds. The lowest BCUT2D eigenvalue weighted by Gasteiger charge is -2.36. The maximum Gasteiger partial charge on any atom is 0.433 e. The number of hydrogen-bond donors (Lipinski definition) is 0. The molecule has 3 rings (SSSR count). The predicted octanol–water partition coefficient (Wildman–Crippen LogP) is 2.66. The van der Waals surface area contributed by atoms with E-state index in [0.717, 1.165) is 6.07 Å². The van der Waals surface area contributed by atoms with Crippen molar-refractivity contribution >= 4 is 11.6 Å². The van der Waals surface area contributed by atoms with Crippen LogP contribution in [-0.4, -0.2) is 41.1 Å². The van der Waals surface area contributed by atoms with Crippen LogP contribution in [0.4, 0.5) is 29.2 Å². The predicted molar refractivity (Wildman–Crippen MR) is 80.4 cm³/mol. The van der Waals surface area contributed by atoms with Gasteiger partial charge in [-0.05, 0) is 19.1 Å². The highest BCUT2D eigenvalue weighted by atomic mass is 19.4. The molecule has 24 heavy (non-hydrogen) atoms. The van der Waals surface area contributed by atoms with E-state index in [9.17, 15) is 17.6 Å². The van der Waals surface area contributed by atoms with E-state index in [2.05, 4.69) is 15.0 Å². The molecule has 1 saturated heterocycles. The van der Waals surface area contributed by atoms with Gasteiger partial charge in [0.15, 0.2) is 0 Å². The third-order valence-corrected chi connectivity index (χ3v) is 3.74. The van der Waals surface area contributed by atoms with Crippen molar-refractivity contribution in [1.82, 2.24) is 15.0 Å². The van der Waals surface area contributed by atoms with Crippen LogP contribution in [0.1, 0.15) is 11.5 Å². The number of halogens is 4. The molecule has 9 heteroatoms. The minimum Gasteiger partial charge on any atom is -0.353 e. The van der Waals surface area contributed by atoms with E-state index >= 15 is 0 Å². The lowest BCUT2D eigenvalue weighted by Crippen LogP contribution is -2.47. The first kappa shape index (κ1) is 16.4. The number of aromatic nitrogens is 3. The van der Waals surface area contributed by atoms with Gasteiger partial charge in [0.05, 0.1) is 0 Å². The largest absolute Gasteiger partial charge is 0.433 e. The van der Waals surface area contributed by atoms with E-state index in [1.54, 1.807) is 17.0 Å². The number of hydrogen-bond acceptors (Lipinski definition) is 5. The van der Waals surface area contributed by atoms with Crippen LogP contribution < -0.4 is 9.80 Å². The van der Waals surface area contributed by atoms with Crippen LogP contribution in [0.15, 0.2) is 24.3 Å². The number of pyridine rings is 1. The maximum atomic E-state index is 13.2. The highest BCUT2D eigenvalue weighted by Crippen LogP contribution is 2.30. The zero-order chi connectivity index (χ0) is 17.3. The molecule has 0 bridgehead atoms. The third-order valence-electron chi connectivity index (χ3n) is 3.74. The lowest BCUT2D eigenvalue weighted by molar-refractivity contribution is -0.141. The highest BCUT2D eigenvalue weighted by molar-refractivity contribution is 5.45. The molecule has 0 spiro atoms. The van der Waals surface area contributed by atoms with Gasteiger partial charge in [0, 0.05) is 32.2 Å². The van der Waals surface area contributed by atoms with Crippen molar-refractivity contribution in [2.45, 2.75) is 13.1 Å². The molecular formula is C15H15F4N5. The summed E-state index contributed by atoms with van der Waals surface area (Å²) in [6.45, 7) is 3.39. The first-order valence-corrected chi connectivity index (χ1v) is 7.38. The van der Waals surface area contributed by atoms with E-state index in [0.29, 0.717) is 32.0 Å². The monoisotopic (exact) mass is 341 g/mol. The summed E-state index contributed by atoms with van der Waals surface area (Å²) in [6.07, 6.45) is -4.50. The fourth-order valence-electron chi connectivity index (χ4n) is 2.60. The number of piperazine rings is 1. The summed E-state index contributed by atoms with van der Waals surface area (Å²) in [7, 11) is 0. The molecule has 128 valence electrons. The van der Waals surface area contributed by atoms with Gasteiger partial charge >= 0.3 is 6.18 Å². The Hall–Kier alpha value is -2.45. The van der Waals surface area contributed by atoms with E-state index < -0.39 is 17.8 Å². The average molecular weight is 341 g/mol. The molecule has 1 fully saturated rings. The van der Waals surface area contributed by atoms with Crippen LogP contribution in [-0.2, 0) is 6.18 Å². The Labute approximate surface area is 136 Å². The zero-order valence-electron chi connectivity index (χ0n) is 12.9. The molecule has 0 saturated carbocycles. The molecule has 2 aromatic rings. The summed E-state index contributed by atoms with van der Waals surface area (Å²) in [5.74, 6) is 0.288. The minimum absolute atomic E-state index is 0.0778. The van der Waals surface area contributed by atoms with Crippen molar-refractivity contribution in [2.24, 2.45) is 0 Å². The van der Waals surface area contributed by atoms with Crippen molar-refractivity contribution < 1.29 is 17.6 Å². The smallest absolute Gasteiger partial charge is 0.353 e. The van der Waals surface area contributed by atoms with Gasteiger partial charge in [-0.15, -0.1) is 0 Å². The van der Waals surface area contributed by atoms with Gasteiger partial charge in [-0.1, -0.05) is 6.07 Å². The van der Waals surface area contributed by atoms with Gasteiger partial charge in [0.25, 0.3) is 0 Å². The van der Waals surface area contributed by atoms with Crippen molar-refractivity contribution in [3.8, 4) is 0 Å². The van der Waals surface area contributed by atoms with Gasteiger partial charge in [0.1, 0.15) is 23.2 Å². The van der Waals surface area contributed by atoms with Crippen LogP contribution >= 0.6 is 0 Å². The fraction of sp³-hybridized carbons (Fsp3) is 0.400. The summed E-state index contributed by atoms with van der Waals surface area (Å²) in [5, 5.41) is 0. The SMILES string of the molecule is Cc1nc(N2CCN(c3cccc(F)n3)CC2)cc(C(F)(F)F)n1. The molecule has 2 aromatic heterocycles. The van der Waals surface area contributed by atoms with Gasteiger partial charge in [-0.25, -0.2) is 15.0 Å². The van der Waals surface area contributed by atoms with Gasteiger partial charge in [-0.2, -0.15) is 17.6 Å². The topological polar surface area (TPSA) is 45.2 Å². The second kappa shape index (κ2) is 6.21. The Bertz CT molecular complexity index is 726. The van der Waals surface area contributed by atoms with Crippen LogP contribution in [0.5, 0.6) is 0 Å². The second-order valence-corrected chi connectivity index (χ2v) is 5.45. The third kappa shape index (κ3) is 3.55. The zero-order valence-corrected chi connectivity index (χ0v) is 12.9. The Morgan fingerprint density at radius 2 is 1.54 bits per heavy atom. The number of rotatable bonds is 2. The molecule has 0 aromatic carbocycles. The summed E-state index contributed by atoms with van der Waals surface area (Å²) in [5.41, 5.74) is -0.945. The van der Waals surface area contributed by atoms with E-state index in [4.69, 9.17) is 0 Å². The van der Waals surface area contributed by atoms with E-state index in [1.165, 1.54) is 13.0 Å². The number of nitrogens with zero attached hydrogens (tertiary/aromatic N) is 5. The molecule has 0 unspecified atom stereocenters. The summed E-state index contributed by atoms with van der Waals surface area (Å²) >= 11 is 0. The molecule has 0 N–H and O–H groups in total. The van der Waals surface area contributed by atoms with Gasteiger partial charge in [0.2, 0.25) is 5.95 Å². The molecule has 3 heterocycles. The van der Waals surface area contributed by atoms with Crippen molar-refractivity contribution in [2.75, 3.05) is 36.0 Å². The number of alkyl halides is 3. The van der Waals surface area contributed by atoms with Crippen LogP contribution in [0.3, 0.4) is 0 Å². The van der Waals surface area contributed by atoms with Crippen LogP contribution in [0, 0.1) is 12.9 Å². The number of aryl methyl sites for hydroxylation is 1. The van der Waals surface area contributed by atoms with Gasteiger partial charge in [-0.3, -0.25) is 0 Å². The number of anilines is 2. The van der Waals surface area contributed by atoms with Crippen LogP contribution in [0.25, 0.3) is 0 Å². The van der Waals surface area contributed by atoms with Gasteiger partial charge < -0.3 is 9.80 Å². The first-order chi connectivity index (χ1) is 11.3. The fourth-order valence-corrected chi connectivity index (χ4v) is 2.60. The summed E-state index contributed by atoms with van der Waals surface area (Å²) in [4.78, 5) is 15.0. The minimum atomic E-state index is -4.50. The first-order valence-electron chi connectivity index (χ1n) is 7.38. The Balaban J connectivity index is 1.74. The molecule has 1 aliphatic heterocycles. The molecule has 0 aliphatic carbocycles. The second-order valence-electron chi connectivity index (χ2n) is 5.45. The Kier molecular flexibility index (Phi) is 4.25. The highest BCUT2D eigenvalue weighted by Gasteiger charge is 2.34. The van der Waals surface area contributed by atoms with E-state index in [1.807, 2.05) is 4.90 Å². The molecular weight excluding hydrogens is 326 g/mol. The Morgan fingerprint density at radius 1 is 0.917 bits per heavy atom.